The van der Waals surface area contributed by atoms with E-state index in [9.17, 15) is 8.42 Å². The number of hydrogen-bond donors (Lipinski definition) is 3. The summed E-state index contributed by atoms with van der Waals surface area (Å²) in [4.78, 5) is 6.80. The lowest BCUT2D eigenvalue weighted by atomic mass is 10.2. The SMILES string of the molecule is O=S(=O)(NCc1cnc[nH]1)c1cccc(C#CCCO)c1. The third-order valence-electron chi connectivity index (χ3n) is 2.62. The van der Waals surface area contributed by atoms with Crippen LogP contribution < -0.4 is 4.72 Å². The van der Waals surface area contributed by atoms with Crippen molar-refractivity contribution in [3.8, 4) is 11.8 Å². The molecule has 0 spiro atoms. The molecule has 6 nitrogen and oxygen atoms in total. The molecule has 7 heteroatoms. The van der Waals surface area contributed by atoms with Gasteiger partial charge in [0.25, 0.3) is 0 Å². The highest BCUT2D eigenvalue weighted by atomic mass is 32.2. The number of imidazole rings is 1. The molecular weight excluding hydrogens is 290 g/mol. The molecule has 0 saturated heterocycles. The molecule has 0 aliphatic heterocycles. The van der Waals surface area contributed by atoms with Gasteiger partial charge in [-0.3, -0.25) is 0 Å². The molecule has 0 unspecified atom stereocenters. The van der Waals surface area contributed by atoms with Gasteiger partial charge in [0.05, 0.1) is 24.4 Å². The summed E-state index contributed by atoms with van der Waals surface area (Å²) >= 11 is 0. The summed E-state index contributed by atoms with van der Waals surface area (Å²) < 4.78 is 26.8. The molecule has 2 rings (SSSR count). The first-order valence-corrected chi connectivity index (χ1v) is 7.77. The predicted molar refractivity (Wildman–Crippen MR) is 77.6 cm³/mol. The van der Waals surface area contributed by atoms with Crippen molar-refractivity contribution in [3.05, 3.63) is 48.0 Å². The number of rotatable bonds is 5. The molecule has 0 fully saturated rings. The Hall–Kier alpha value is -2.14. The van der Waals surface area contributed by atoms with E-state index >= 15 is 0 Å². The topological polar surface area (TPSA) is 95.1 Å². The van der Waals surface area contributed by atoms with Gasteiger partial charge in [-0.15, -0.1) is 0 Å². The second-order valence-electron chi connectivity index (χ2n) is 4.20. The van der Waals surface area contributed by atoms with Gasteiger partial charge in [0.15, 0.2) is 0 Å². The van der Waals surface area contributed by atoms with Gasteiger partial charge in [0, 0.05) is 23.9 Å². The van der Waals surface area contributed by atoms with E-state index in [1.807, 2.05) is 0 Å². The zero-order valence-electron chi connectivity index (χ0n) is 11.2. The van der Waals surface area contributed by atoms with Crippen molar-refractivity contribution in [3.63, 3.8) is 0 Å². The number of sulfonamides is 1. The van der Waals surface area contributed by atoms with Crippen molar-refractivity contribution in [2.75, 3.05) is 6.61 Å². The van der Waals surface area contributed by atoms with E-state index in [0.29, 0.717) is 17.7 Å². The van der Waals surface area contributed by atoms with E-state index in [2.05, 4.69) is 26.5 Å². The van der Waals surface area contributed by atoms with Crippen LogP contribution in [0, 0.1) is 11.8 Å². The van der Waals surface area contributed by atoms with Gasteiger partial charge in [-0.1, -0.05) is 17.9 Å². The first-order valence-electron chi connectivity index (χ1n) is 6.28. The third-order valence-corrected chi connectivity index (χ3v) is 4.02. The van der Waals surface area contributed by atoms with Crippen molar-refractivity contribution in [1.29, 1.82) is 0 Å². The van der Waals surface area contributed by atoms with Gasteiger partial charge in [-0.05, 0) is 18.2 Å². The fourth-order valence-electron chi connectivity index (χ4n) is 1.60. The lowest BCUT2D eigenvalue weighted by Crippen LogP contribution is -2.23. The Morgan fingerprint density at radius 1 is 1.38 bits per heavy atom. The van der Waals surface area contributed by atoms with E-state index in [4.69, 9.17) is 5.11 Å². The molecule has 0 bridgehead atoms. The molecule has 1 aromatic heterocycles. The number of aromatic nitrogens is 2. The van der Waals surface area contributed by atoms with Gasteiger partial charge in [0.2, 0.25) is 10.0 Å². The minimum absolute atomic E-state index is 0.0171. The minimum atomic E-state index is -3.60. The molecule has 0 amide bonds. The second kappa shape index (κ2) is 7.04. The fraction of sp³-hybridized carbons (Fsp3) is 0.214. The van der Waals surface area contributed by atoms with E-state index in [1.165, 1.54) is 18.5 Å². The standard InChI is InChI=1S/C14H15N3O3S/c18-7-2-1-4-12-5-3-6-14(8-12)21(19,20)17-10-13-9-15-11-16-13/h3,5-6,8-9,11,17-18H,2,7,10H2,(H,15,16). The first kappa shape index (κ1) is 15.3. The molecule has 1 aromatic carbocycles. The van der Waals surface area contributed by atoms with Crippen LogP contribution in [-0.2, 0) is 16.6 Å². The van der Waals surface area contributed by atoms with Gasteiger partial charge in [-0.2, -0.15) is 0 Å². The van der Waals surface area contributed by atoms with E-state index in [0.717, 1.165) is 0 Å². The van der Waals surface area contributed by atoms with Crippen LogP contribution in [0.1, 0.15) is 17.7 Å². The molecule has 21 heavy (non-hydrogen) atoms. The number of aromatic amines is 1. The normalized spacial score (nSPS) is 10.9. The molecule has 0 radical (unpaired) electrons. The largest absolute Gasteiger partial charge is 0.395 e. The molecule has 3 N–H and O–H groups in total. The Morgan fingerprint density at radius 2 is 2.24 bits per heavy atom. The zero-order chi connectivity index (χ0) is 15.1. The number of H-pyrrole nitrogens is 1. The predicted octanol–water partition coefficient (Wildman–Crippen LogP) is 0.622. The lowest BCUT2D eigenvalue weighted by molar-refractivity contribution is 0.305. The highest BCUT2D eigenvalue weighted by Gasteiger charge is 2.14. The second-order valence-corrected chi connectivity index (χ2v) is 5.97. The van der Waals surface area contributed by atoms with Crippen LogP contribution >= 0.6 is 0 Å². The maximum absolute atomic E-state index is 12.2. The summed E-state index contributed by atoms with van der Waals surface area (Å²) in [6.07, 6.45) is 3.40. The van der Waals surface area contributed by atoms with Crippen molar-refractivity contribution >= 4 is 10.0 Å². The number of nitrogens with zero attached hydrogens (tertiary/aromatic N) is 1. The number of benzene rings is 1. The number of aliphatic hydroxyl groups excluding tert-OH is 1. The molecular formula is C14H15N3O3S. The summed E-state index contributed by atoms with van der Waals surface area (Å²) in [5, 5.41) is 8.67. The van der Waals surface area contributed by atoms with Crippen LogP contribution in [0.15, 0.2) is 41.7 Å². The van der Waals surface area contributed by atoms with Gasteiger partial charge < -0.3 is 10.1 Å². The Balaban J connectivity index is 2.12. The maximum atomic E-state index is 12.2. The quantitative estimate of drug-likeness (QED) is 0.706. The molecule has 0 saturated carbocycles. The zero-order valence-corrected chi connectivity index (χ0v) is 12.0. The smallest absolute Gasteiger partial charge is 0.240 e. The summed E-state index contributed by atoms with van der Waals surface area (Å²) in [6.45, 7) is 0.124. The van der Waals surface area contributed by atoms with E-state index < -0.39 is 10.0 Å². The summed E-state index contributed by atoms with van der Waals surface area (Å²) in [6, 6.07) is 6.36. The molecule has 0 aliphatic carbocycles. The molecule has 1 heterocycles. The Bertz CT molecular complexity index is 743. The van der Waals surface area contributed by atoms with Crippen LogP contribution in [-0.4, -0.2) is 30.1 Å². The Labute approximate surface area is 123 Å². The number of hydrogen-bond acceptors (Lipinski definition) is 4. The van der Waals surface area contributed by atoms with Crippen molar-refractivity contribution in [2.24, 2.45) is 0 Å². The number of nitrogens with one attached hydrogen (secondary N) is 2. The van der Waals surface area contributed by atoms with Gasteiger partial charge in [0.1, 0.15) is 0 Å². The lowest BCUT2D eigenvalue weighted by Gasteiger charge is -2.06. The Kier molecular flexibility index (Phi) is 5.11. The minimum Gasteiger partial charge on any atom is -0.395 e. The maximum Gasteiger partial charge on any atom is 0.240 e. The monoisotopic (exact) mass is 305 g/mol. The molecule has 0 aliphatic rings. The van der Waals surface area contributed by atoms with Crippen LogP contribution in [0.3, 0.4) is 0 Å². The van der Waals surface area contributed by atoms with Gasteiger partial charge in [-0.25, -0.2) is 18.1 Å². The van der Waals surface area contributed by atoms with Crippen molar-refractivity contribution in [2.45, 2.75) is 17.9 Å². The van der Waals surface area contributed by atoms with Crippen LogP contribution in [0.5, 0.6) is 0 Å². The summed E-state index contributed by atoms with van der Waals surface area (Å²) in [7, 11) is -3.60. The highest BCUT2D eigenvalue weighted by molar-refractivity contribution is 7.89. The van der Waals surface area contributed by atoms with E-state index in [-0.39, 0.29) is 18.0 Å². The number of aliphatic hydroxyl groups is 1. The molecule has 2 aromatic rings. The average Bonchev–Trinajstić information content (AvgIpc) is 2.99. The van der Waals surface area contributed by atoms with Crippen LogP contribution in [0.4, 0.5) is 0 Å². The van der Waals surface area contributed by atoms with E-state index in [1.54, 1.807) is 18.3 Å². The summed E-state index contributed by atoms with van der Waals surface area (Å²) in [5.41, 5.74) is 1.27. The highest BCUT2D eigenvalue weighted by Crippen LogP contribution is 2.11. The third kappa shape index (κ3) is 4.43. The average molecular weight is 305 g/mol. The molecule has 0 atom stereocenters. The first-order chi connectivity index (χ1) is 10.1. The molecule has 110 valence electrons. The Morgan fingerprint density at radius 3 is 2.95 bits per heavy atom. The fourth-order valence-corrected chi connectivity index (χ4v) is 2.65. The summed E-state index contributed by atoms with van der Waals surface area (Å²) in [5.74, 6) is 5.57. The van der Waals surface area contributed by atoms with Gasteiger partial charge >= 0.3 is 0 Å². The van der Waals surface area contributed by atoms with Crippen molar-refractivity contribution in [1.82, 2.24) is 14.7 Å². The van der Waals surface area contributed by atoms with Crippen LogP contribution in [0.25, 0.3) is 0 Å². The van der Waals surface area contributed by atoms with Crippen LogP contribution in [0.2, 0.25) is 0 Å². The van der Waals surface area contributed by atoms with Crippen molar-refractivity contribution < 1.29 is 13.5 Å².